The number of hydrogen-bond donors (Lipinski definition) is 2. The molecule has 0 spiro atoms. The van der Waals surface area contributed by atoms with Gasteiger partial charge in [0.1, 0.15) is 5.56 Å². The lowest BCUT2D eigenvalue weighted by Gasteiger charge is -2.18. The Balaban J connectivity index is 2.86. The first-order valence-electron chi connectivity index (χ1n) is 6.10. The molecular weight excluding hydrogens is 248 g/mol. The smallest absolute Gasteiger partial charge is 0.282 e. The Bertz CT molecular complexity index is 460. The predicted octanol–water partition coefficient (Wildman–Crippen LogP) is 1.73. The fourth-order valence-corrected chi connectivity index (χ4v) is 1.84. The highest BCUT2D eigenvalue weighted by molar-refractivity contribution is 5.98. The zero-order chi connectivity index (χ0) is 14.4. The Morgan fingerprint density at radius 2 is 2.05 bits per heavy atom. The molecule has 0 aliphatic heterocycles. The molecule has 1 aromatic carbocycles. The Hall–Kier alpha value is -1.95. The largest absolute Gasteiger partial charge is 0.394 e. The molecule has 0 radical (unpaired) electrons. The molecule has 0 fully saturated rings. The van der Waals surface area contributed by atoms with E-state index >= 15 is 0 Å². The molecular formula is C13H18N2O4. The summed E-state index contributed by atoms with van der Waals surface area (Å²) < 4.78 is 0. The number of amides is 1. The normalized spacial score (nSPS) is 12.2. The standard InChI is InChI=1S/C13H18N2O4/c1-9(2)7-10(8-16)14-13(17)11-5-3-4-6-12(11)15(18)19/h3-6,9-10,16H,7-8H2,1-2H3,(H,14,17). The first kappa shape index (κ1) is 15.1. The molecule has 6 heteroatoms. The van der Waals surface area contributed by atoms with Crippen molar-refractivity contribution < 1.29 is 14.8 Å². The van der Waals surface area contributed by atoms with Gasteiger partial charge >= 0.3 is 0 Å². The van der Waals surface area contributed by atoms with E-state index in [-0.39, 0.29) is 17.9 Å². The van der Waals surface area contributed by atoms with Gasteiger partial charge in [0.2, 0.25) is 0 Å². The van der Waals surface area contributed by atoms with Crippen molar-refractivity contribution in [3.8, 4) is 0 Å². The van der Waals surface area contributed by atoms with Crippen LogP contribution in [-0.4, -0.2) is 28.6 Å². The summed E-state index contributed by atoms with van der Waals surface area (Å²) in [7, 11) is 0. The zero-order valence-corrected chi connectivity index (χ0v) is 11.0. The highest BCUT2D eigenvalue weighted by Crippen LogP contribution is 2.17. The van der Waals surface area contributed by atoms with Crippen molar-refractivity contribution in [3.63, 3.8) is 0 Å². The summed E-state index contributed by atoms with van der Waals surface area (Å²) >= 11 is 0. The minimum Gasteiger partial charge on any atom is -0.394 e. The van der Waals surface area contributed by atoms with E-state index in [1.165, 1.54) is 18.2 Å². The van der Waals surface area contributed by atoms with Gasteiger partial charge in [0.05, 0.1) is 17.6 Å². The highest BCUT2D eigenvalue weighted by Gasteiger charge is 2.21. The van der Waals surface area contributed by atoms with E-state index in [1.807, 2.05) is 13.8 Å². The Labute approximate surface area is 111 Å². The van der Waals surface area contributed by atoms with Crippen LogP contribution in [0.5, 0.6) is 0 Å². The van der Waals surface area contributed by atoms with E-state index in [0.717, 1.165) is 0 Å². The molecule has 2 N–H and O–H groups in total. The molecule has 0 heterocycles. The van der Waals surface area contributed by atoms with Crippen molar-refractivity contribution >= 4 is 11.6 Å². The number of rotatable bonds is 6. The maximum absolute atomic E-state index is 12.0. The van der Waals surface area contributed by atoms with Crippen molar-refractivity contribution in [2.24, 2.45) is 5.92 Å². The number of nitrogens with one attached hydrogen (secondary N) is 1. The molecule has 0 aliphatic rings. The van der Waals surface area contributed by atoms with Crippen molar-refractivity contribution in [2.75, 3.05) is 6.61 Å². The second kappa shape index (κ2) is 6.84. The first-order chi connectivity index (χ1) is 8.95. The van der Waals surface area contributed by atoms with Crippen molar-refractivity contribution in [1.29, 1.82) is 0 Å². The van der Waals surface area contributed by atoms with E-state index in [9.17, 15) is 20.0 Å². The van der Waals surface area contributed by atoms with E-state index in [2.05, 4.69) is 5.32 Å². The number of para-hydroxylation sites is 1. The number of carbonyl (C=O) groups is 1. The number of aliphatic hydroxyl groups is 1. The van der Waals surface area contributed by atoms with Gasteiger partial charge < -0.3 is 10.4 Å². The van der Waals surface area contributed by atoms with Crippen LogP contribution >= 0.6 is 0 Å². The predicted molar refractivity (Wildman–Crippen MR) is 70.9 cm³/mol. The number of aliphatic hydroxyl groups excluding tert-OH is 1. The minimum absolute atomic E-state index is 0.00899. The van der Waals surface area contributed by atoms with Gasteiger partial charge in [-0.25, -0.2) is 0 Å². The number of hydrogen-bond acceptors (Lipinski definition) is 4. The summed E-state index contributed by atoms with van der Waals surface area (Å²) in [5.74, 6) is -0.227. The quantitative estimate of drug-likeness (QED) is 0.605. The second-order valence-corrected chi connectivity index (χ2v) is 4.76. The van der Waals surface area contributed by atoms with Crippen LogP contribution in [0.1, 0.15) is 30.6 Å². The van der Waals surface area contributed by atoms with Gasteiger partial charge in [-0.15, -0.1) is 0 Å². The summed E-state index contributed by atoms with van der Waals surface area (Å²) in [4.78, 5) is 22.2. The molecule has 1 atom stereocenters. The van der Waals surface area contributed by atoms with Gasteiger partial charge in [0.15, 0.2) is 0 Å². The summed E-state index contributed by atoms with van der Waals surface area (Å²) in [5, 5.41) is 22.7. The Morgan fingerprint density at radius 3 is 2.58 bits per heavy atom. The van der Waals surface area contributed by atoms with Crippen LogP contribution in [0.2, 0.25) is 0 Å². The minimum atomic E-state index is -0.592. The van der Waals surface area contributed by atoms with Crippen LogP contribution in [0, 0.1) is 16.0 Å². The SMILES string of the molecule is CC(C)CC(CO)NC(=O)c1ccccc1[N+](=O)[O-]. The molecule has 0 bridgehead atoms. The van der Waals surface area contributed by atoms with E-state index in [0.29, 0.717) is 12.3 Å². The molecule has 0 saturated carbocycles. The number of benzene rings is 1. The number of nitrogens with zero attached hydrogens (tertiary/aromatic N) is 1. The molecule has 0 aromatic heterocycles. The maximum Gasteiger partial charge on any atom is 0.282 e. The molecule has 0 saturated heterocycles. The number of nitro groups is 1. The molecule has 1 amide bonds. The van der Waals surface area contributed by atoms with E-state index < -0.39 is 16.9 Å². The van der Waals surface area contributed by atoms with Crippen LogP contribution in [0.25, 0.3) is 0 Å². The fraction of sp³-hybridized carbons (Fsp3) is 0.462. The van der Waals surface area contributed by atoms with Crippen LogP contribution in [0.4, 0.5) is 5.69 Å². The molecule has 1 unspecified atom stereocenters. The highest BCUT2D eigenvalue weighted by atomic mass is 16.6. The second-order valence-electron chi connectivity index (χ2n) is 4.76. The molecule has 1 rings (SSSR count). The molecule has 104 valence electrons. The number of nitro benzene ring substituents is 1. The number of carbonyl (C=O) groups excluding carboxylic acids is 1. The summed E-state index contributed by atoms with van der Waals surface area (Å²) in [6.45, 7) is 3.75. The van der Waals surface area contributed by atoms with Gasteiger partial charge in [-0.05, 0) is 18.4 Å². The summed E-state index contributed by atoms with van der Waals surface area (Å²) in [6, 6.07) is 5.36. The van der Waals surface area contributed by atoms with E-state index in [4.69, 9.17) is 0 Å². The third-order valence-corrected chi connectivity index (χ3v) is 2.66. The fourth-order valence-electron chi connectivity index (χ4n) is 1.84. The van der Waals surface area contributed by atoms with Crippen LogP contribution in [0.15, 0.2) is 24.3 Å². The average Bonchev–Trinajstić information content (AvgIpc) is 2.37. The molecule has 1 aromatic rings. The topological polar surface area (TPSA) is 92.5 Å². The van der Waals surface area contributed by atoms with Gasteiger partial charge in [0, 0.05) is 6.07 Å². The summed E-state index contributed by atoms with van der Waals surface area (Å²) in [6.07, 6.45) is 0.614. The average molecular weight is 266 g/mol. The lowest BCUT2D eigenvalue weighted by atomic mass is 10.0. The Kier molecular flexibility index (Phi) is 5.44. The molecule has 19 heavy (non-hydrogen) atoms. The van der Waals surface area contributed by atoms with Crippen LogP contribution in [-0.2, 0) is 0 Å². The van der Waals surface area contributed by atoms with Crippen LogP contribution in [0.3, 0.4) is 0 Å². The lowest BCUT2D eigenvalue weighted by Crippen LogP contribution is -2.38. The van der Waals surface area contributed by atoms with Crippen molar-refractivity contribution in [2.45, 2.75) is 26.3 Å². The van der Waals surface area contributed by atoms with Crippen molar-refractivity contribution in [1.82, 2.24) is 5.32 Å². The summed E-state index contributed by atoms with van der Waals surface area (Å²) in [5.41, 5.74) is -0.226. The maximum atomic E-state index is 12.0. The van der Waals surface area contributed by atoms with Crippen LogP contribution < -0.4 is 5.32 Å². The lowest BCUT2D eigenvalue weighted by molar-refractivity contribution is -0.385. The molecule has 6 nitrogen and oxygen atoms in total. The van der Waals surface area contributed by atoms with Gasteiger partial charge in [0.25, 0.3) is 11.6 Å². The Morgan fingerprint density at radius 1 is 1.42 bits per heavy atom. The van der Waals surface area contributed by atoms with Gasteiger partial charge in [-0.1, -0.05) is 26.0 Å². The monoisotopic (exact) mass is 266 g/mol. The van der Waals surface area contributed by atoms with E-state index in [1.54, 1.807) is 6.07 Å². The molecule has 0 aliphatic carbocycles. The third kappa shape index (κ3) is 4.33. The zero-order valence-electron chi connectivity index (χ0n) is 11.0. The van der Waals surface area contributed by atoms with Gasteiger partial charge in [-0.3, -0.25) is 14.9 Å². The van der Waals surface area contributed by atoms with Crippen molar-refractivity contribution in [3.05, 3.63) is 39.9 Å². The third-order valence-electron chi connectivity index (χ3n) is 2.66. The first-order valence-corrected chi connectivity index (χ1v) is 6.10. The van der Waals surface area contributed by atoms with Gasteiger partial charge in [-0.2, -0.15) is 0 Å².